The van der Waals surface area contributed by atoms with Gasteiger partial charge in [-0.3, -0.25) is 0 Å². The van der Waals surface area contributed by atoms with Crippen LogP contribution in [0.3, 0.4) is 0 Å². The molecule has 0 saturated heterocycles. The van der Waals surface area contributed by atoms with E-state index in [1.54, 1.807) is 6.07 Å². The summed E-state index contributed by atoms with van der Waals surface area (Å²) in [4.78, 5) is 1.97. The monoisotopic (exact) mass is 285 g/mol. The summed E-state index contributed by atoms with van der Waals surface area (Å²) in [5.74, 6) is -0.288. The topological polar surface area (TPSA) is 41.9 Å². The summed E-state index contributed by atoms with van der Waals surface area (Å²) in [7, 11) is 3.88. The maximum absolute atomic E-state index is 11.1. The number of ether oxygens (including phenoxy) is 2. The molecule has 2 aromatic carbocycles. The molecule has 1 heterocycles. The van der Waals surface area contributed by atoms with Crippen LogP contribution in [0.5, 0.6) is 11.5 Å². The fraction of sp³-hybridized carbons (Fsp3) is 0.294. The molecule has 4 heteroatoms. The van der Waals surface area contributed by atoms with Crippen molar-refractivity contribution in [3.63, 3.8) is 0 Å². The van der Waals surface area contributed by atoms with Crippen molar-refractivity contribution in [1.82, 2.24) is 4.90 Å². The van der Waals surface area contributed by atoms with E-state index >= 15 is 0 Å². The maximum Gasteiger partial charge on any atom is 0.273 e. The Morgan fingerprint density at radius 2 is 1.62 bits per heavy atom. The first kappa shape index (κ1) is 13.9. The second-order valence-corrected chi connectivity index (χ2v) is 5.48. The highest BCUT2D eigenvalue weighted by Gasteiger charge is 2.47. The molecule has 21 heavy (non-hydrogen) atoms. The van der Waals surface area contributed by atoms with E-state index in [9.17, 15) is 5.11 Å². The Labute approximate surface area is 124 Å². The van der Waals surface area contributed by atoms with Crippen molar-refractivity contribution >= 4 is 0 Å². The van der Waals surface area contributed by atoms with Gasteiger partial charge in [0.15, 0.2) is 17.6 Å². The molecule has 0 amide bonds. The maximum atomic E-state index is 11.1. The number of hydrogen-bond donors (Lipinski definition) is 1. The van der Waals surface area contributed by atoms with Crippen LogP contribution in [0.1, 0.15) is 5.56 Å². The average molecular weight is 285 g/mol. The zero-order valence-corrected chi connectivity index (χ0v) is 12.2. The molecule has 0 aromatic heterocycles. The SMILES string of the molecule is CN(C)CC1Oc2ccccc2O[C@@]1(O)c1ccccc1. The third-order valence-electron chi connectivity index (χ3n) is 3.54. The van der Waals surface area contributed by atoms with E-state index in [4.69, 9.17) is 9.47 Å². The molecule has 0 saturated carbocycles. The molecule has 0 aliphatic carbocycles. The fourth-order valence-corrected chi connectivity index (χ4v) is 2.51. The first-order chi connectivity index (χ1) is 10.1. The third kappa shape index (κ3) is 2.60. The van der Waals surface area contributed by atoms with E-state index in [0.29, 0.717) is 23.6 Å². The number of benzene rings is 2. The molecule has 1 N–H and O–H groups in total. The van der Waals surface area contributed by atoms with Crippen LogP contribution in [-0.2, 0) is 5.79 Å². The van der Waals surface area contributed by atoms with Crippen LogP contribution in [0.15, 0.2) is 54.6 Å². The highest BCUT2D eigenvalue weighted by atomic mass is 16.7. The molecule has 3 rings (SSSR count). The lowest BCUT2D eigenvalue weighted by Gasteiger charge is -2.41. The molecule has 0 bridgehead atoms. The van der Waals surface area contributed by atoms with Gasteiger partial charge >= 0.3 is 0 Å². The van der Waals surface area contributed by atoms with Gasteiger partial charge in [0.25, 0.3) is 5.79 Å². The van der Waals surface area contributed by atoms with Crippen molar-refractivity contribution < 1.29 is 14.6 Å². The highest BCUT2D eigenvalue weighted by Crippen LogP contribution is 2.41. The molecule has 1 aliphatic heterocycles. The van der Waals surface area contributed by atoms with Crippen molar-refractivity contribution in [2.75, 3.05) is 20.6 Å². The number of rotatable bonds is 3. The van der Waals surface area contributed by atoms with Gasteiger partial charge in [0, 0.05) is 12.1 Å². The van der Waals surface area contributed by atoms with E-state index < -0.39 is 11.9 Å². The Kier molecular flexibility index (Phi) is 3.57. The summed E-state index contributed by atoms with van der Waals surface area (Å²) in [5.41, 5.74) is 0.686. The quantitative estimate of drug-likeness (QED) is 0.939. The summed E-state index contributed by atoms with van der Waals surface area (Å²) in [6, 6.07) is 16.8. The first-order valence-electron chi connectivity index (χ1n) is 6.97. The van der Waals surface area contributed by atoms with Gasteiger partial charge in [0.1, 0.15) is 0 Å². The van der Waals surface area contributed by atoms with Crippen molar-refractivity contribution in [1.29, 1.82) is 0 Å². The van der Waals surface area contributed by atoms with Gasteiger partial charge in [-0.15, -0.1) is 0 Å². The first-order valence-corrected chi connectivity index (χ1v) is 6.97. The number of fused-ring (bicyclic) bond motifs is 1. The molecular weight excluding hydrogens is 266 g/mol. The molecule has 1 aliphatic rings. The minimum atomic E-state index is -1.50. The smallest absolute Gasteiger partial charge is 0.273 e. The Balaban J connectivity index is 2.03. The molecule has 0 radical (unpaired) electrons. The van der Waals surface area contributed by atoms with Crippen LogP contribution >= 0.6 is 0 Å². The lowest BCUT2D eigenvalue weighted by Crippen LogP contribution is -2.54. The van der Waals surface area contributed by atoms with Crippen molar-refractivity contribution in [3.8, 4) is 11.5 Å². The Bertz CT molecular complexity index is 614. The lowest BCUT2D eigenvalue weighted by atomic mass is 9.98. The Hall–Kier alpha value is -2.04. The van der Waals surface area contributed by atoms with Gasteiger partial charge in [-0.1, -0.05) is 42.5 Å². The van der Waals surface area contributed by atoms with Gasteiger partial charge in [-0.25, -0.2) is 0 Å². The zero-order chi connectivity index (χ0) is 14.9. The third-order valence-corrected chi connectivity index (χ3v) is 3.54. The summed E-state index contributed by atoms with van der Waals surface area (Å²) in [6.45, 7) is 0.541. The molecule has 0 fully saturated rings. The van der Waals surface area contributed by atoms with Crippen LogP contribution in [-0.4, -0.2) is 36.8 Å². The molecule has 0 spiro atoms. The minimum Gasteiger partial charge on any atom is -0.478 e. The van der Waals surface area contributed by atoms with Gasteiger partial charge in [-0.05, 0) is 26.2 Å². The van der Waals surface area contributed by atoms with Gasteiger partial charge in [0.05, 0.1) is 0 Å². The van der Waals surface area contributed by atoms with Crippen LogP contribution < -0.4 is 9.47 Å². The lowest BCUT2D eigenvalue weighted by molar-refractivity contribution is -0.224. The number of likely N-dealkylation sites (N-methyl/N-ethyl adjacent to an activating group) is 1. The van der Waals surface area contributed by atoms with Crippen molar-refractivity contribution in [2.24, 2.45) is 0 Å². The average Bonchev–Trinajstić information content (AvgIpc) is 2.48. The largest absolute Gasteiger partial charge is 0.478 e. The fourth-order valence-electron chi connectivity index (χ4n) is 2.51. The molecular formula is C17H19NO3. The molecule has 4 nitrogen and oxygen atoms in total. The van der Waals surface area contributed by atoms with Crippen LogP contribution in [0.25, 0.3) is 0 Å². The van der Waals surface area contributed by atoms with E-state index in [1.165, 1.54) is 0 Å². The van der Waals surface area contributed by atoms with E-state index in [1.807, 2.05) is 67.5 Å². The minimum absolute atomic E-state index is 0.509. The molecule has 1 unspecified atom stereocenters. The van der Waals surface area contributed by atoms with E-state index in [-0.39, 0.29) is 0 Å². The van der Waals surface area contributed by atoms with Gasteiger partial charge < -0.3 is 19.5 Å². The molecule has 2 aromatic rings. The number of nitrogens with zero attached hydrogens (tertiary/aromatic N) is 1. The van der Waals surface area contributed by atoms with E-state index in [2.05, 4.69) is 0 Å². The Morgan fingerprint density at radius 1 is 1.00 bits per heavy atom. The predicted octanol–water partition coefficient (Wildman–Crippen LogP) is 2.23. The second-order valence-electron chi connectivity index (χ2n) is 5.48. The summed E-state index contributed by atoms with van der Waals surface area (Å²) in [5, 5.41) is 11.1. The van der Waals surface area contributed by atoms with Crippen LogP contribution in [0, 0.1) is 0 Å². The molecule has 110 valence electrons. The number of aliphatic hydroxyl groups is 1. The van der Waals surface area contributed by atoms with Crippen molar-refractivity contribution in [3.05, 3.63) is 60.2 Å². The number of para-hydroxylation sites is 2. The summed E-state index contributed by atoms with van der Waals surface area (Å²) in [6.07, 6.45) is -0.509. The van der Waals surface area contributed by atoms with E-state index in [0.717, 1.165) is 0 Å². The summed E-state index contributed by atoms with van der Waals surface area (Å²) >= 11 is 0. The van der Waals surface area contributed by atoms with Gasteiger partial charge in [-0.2, -0.15) is 0 Å². The number of hydrogen-bond acceptors (Lipinski definition) is 4. The standard InChI is InChI=1S/C17H19NO3/c1-18(2)12-16-17(19,13-8-4-3-5-9-13)21-15-11-7-6-10-14(15)20-16/h3-11,16,19H,12H2,1-2H3/t16?,17-/m0/s1. The van der Waals surface area contributed by atoms with Gasteiger partial charge in [0.2, 0.25) is 0 Å². The van der Waals surface area contributed by atoms with Crippen LogP contribution in [0.4, 0.5) is 0 Å². The highest BCUT2D eigenvalue weighted by molar-refractivity contribution is 5.43. The Morgan fingerprint density at radius 3 is 2.29 bits per heavy atom. The normalized spacial score (nSPS) is 24.1. The van der Waals surface area contributed by atoms with Crippen LogP contribution in [0.2, 0.25) is 0 Å². The predicted molar refractivity (Wildman–Crippen MR) is 80.4 cm³/mol. The van der Waals surface area contributed by atoms with Crippen molar-refractivity contribution in [2.45, 2.75) is 11.9 Å². The second kappa shape index (κ2) is 5.39. The zero-order valence-electron chi connectivity index (χ0n) is 12.2. The molecule has 2 atom stereocenters. The summed E-state index contributed by atoms with van der Waals surface area (Å²) < 4.78 is 11.9.